The first-order valence-corrected chi connectivity index (χ1v) is 13.4. The minimum absolute atomic E-state index is 0.0524. The number of hydrogen-bond donors (Lipinski definition) is 2. The second kappa shape index (κ2) is 12.9. The Kier molecular flexibility index (Phi) is 9.16. The van der Waals surface area contributed by atoms with Crippen LogP contribution in [0.5, 0.6) is 11.5 Å². The number of nitrogens with two attached hydrogens (primary N) is 1. The molecule has 2 aromatic carbocycles. The summed E-state index contributed by atoms with van der Waals surface area (Å²) in [4.78, 5) is 12.6. The molecule has 9 heteroatoms. The Morgan fingerprint density at radius 3 is 2.32 bits per heavy atom. The summed E-state index contributed by atoms with van der Waals surface area (Å²) in [6.45, 7) is 4.99. The van der Waals surface area contributed by atoms with E-state index < -0.39 is 6.29 Å². The number of aromatic nitrogens is 2. The highest BCUT2D eigenvalue weighted by molar-refractivity contribution is 7.16. The number of hydrogen-bond acceptors (Lipinski definition) is 8. The van der Waals surface area contributed by atoms with Crippen molar-refractivity contribution in [2.75, 3.05) is 11.9 Å². The SMILES string of the molecule is CCCC(Oc1ccc(/C(N)=N/O)cc1)Oc1ccc(-c2nc(N(C)Cc3cccnc3)sc2CC)cc1. The van der Waals surface area contributed by atoms with Gasteiger partial charge in [0.25, 0.3) is 0 Å². The van der Waals surface area contributed by atoms with Gasteiger partial charge in [-0.05, 0) is 73.0 Å². The van der Waals surface area contributed by atoms with E-state index in [1.54, 1.807) is 41.8 Å². The summed E-state index contributed by atoms with van der Waals surface area (Å²) in [5.74, 6) is 1.42. The van der Waals surface area contributed by atoms with Gasteiger partial charge in [0, 0.05) is 48.4 Å². The highest BCUT2D eigenvalue weighted by atomic mass is 32.1. The summed E-state index contributed by atoms with van der Waals surface area (Å²) in [5.41, 5.74) is 9.46. The third-order valence-electron chi connectivity index (χ3n) is 5.92. The van der Waals surface area contributed by atoms with E-state index in [1.165, 1.54) is 4.88 Å². The van der Waals surface area contributed by atoms with E-state index >= 15 is 0 Å². The molecule has 198 valence electrons. The van der Waals surface area contributed by atoms with Crippen LogP contribution < -0.4 is 20.1 Å². The van der Waals surface area contributed by atoms with Gasteiger partial charge in [-0.2, -0.15) is 0 Å². The molecule has 2 heterocycles. The summed E-state index contributed by atoms with van der Waals surface area (Å²) in [7, 11) is 2.06. The van der Waals surface area contributed by atoms with Crippen molar-refractivity contribution in [3.05, 3.63) is 89.1 Å². The van der Waals surface area contributed by atoms with Crippen molar-refractivity contribution in [2.45, 2.75) is 45.9 Å². The molecule has 0 fully saturated rings. The number of amidine groups is 1. The largest absolute Gasteiger partial charge is 0.455 e. The van der Waals surface area contributed by atoms with Crippen LogP contribution in [0, 0.1) is 0 Å². The fourth-order valence-electron chi connectivity index (χ4n) is 3.94. The number of ether oxygens (including phenoxy) is 2. The zero-order valence-corrected chi connectivity index (χ0v) is 22.7. The number of rotatable bonds is 12. The van der Waals surface area contributed by atoms with Gasteiger partial charge in [0.2, 0.25) is 6.29 Å². The Morgan fingerprint density at radius 2 is 1.74 bits per heavy atom. The van der Waals surface area contributed by atoms with E-state index in [0.29, 0.717) is 11.3 Å². The molecule has 0 radical (unpaired) electrons. The molecule has 0 aliphatic carbocycles. The molecule has 1 atom stereocenters. The standard InChI is InChI=1S/C29H33N5O3S/c1-4-7-26(37-24-15-11-22(12-16-24)28(30)33-35)36-23-13-9-21(10-14-23)27-25(5-2)38-29(32-27)34(3)19-20-8-6-17-31-18-20/h6,8-18,26,35H,4-5,7,19H2,1-3H3,(H2,30,33). The Hall–Kier alpha value is -4.11. The molecule has 0 aliphatic rings. The van der Waals surface area contributed by atoms with Crippen LogP contribution in [0.1, 0.15) is 42.7 Å². The van der Waals surface area contributed by atoms with Crippen LogP contribution in [0.2, 0.25) is 0 Å². The monoisotopic (exact) mass is 531 g/mol. The molecule has 8 nitrogen and oxygen atoms in total. The minimum Gasteiger partial charge on any atom is -0.455 e. The normalized spacial score (nSPS) is 12.2. The van der Waals surface area contributed by atoms with Gasteiger partial charge in [0.15, 0.2) is 11.0 Å². The summed E-state index contributed by atoms with van der Waals surface area (Å²) < 4.78 is 12.2. The van der Waals surface area contributed by atoms with Gasteiger partial charge in [0.05, 0.1) is 5.69 Å². The van der Waals surface area contributed by atoms with Crippen LogP contribution in [-0.2, 0) is 13.0 Å². The van der Waals surface area contributed by atoms with Crippen molar-refractivity contribution in [2.24, 2.45) is 10.9 Å². The van der Waals surface area contributed by atoms with Crippen molar-refractivity contribution in [1.29, 1.82) is 0 Å². The van der Waals surface area contributed by atoms with Gasteiger partial charge >= 0.3 is 0 Å². The summed E-state index contributed by atoms with van der Waals surface area (Å²) in [5, 5.41) is 12.8. The zero-order valence-electron chi connectivity index (χ0n) is 21.9. The van der Waals surface area contributed by atoms with Crippen LogP contribution >= 0.6 is 11.3 Å². The first-order chi connectivity index (χ1) is 18.5. The summed E-state index contributed by atoms with van der Waals surface area (Å²) in [6.07, 6.45) is 5.76. The number of pyridine rings is 1. The summed E-state index contributed by atoms with van der Waals surface area (Å²) >= 11 is 1.72. The maximum atomic E-state index is 8.84. The molecule has 38 heavy (non-hydrogen) atoms. The number of anilines is 1. The van der Waals surface area contributed by atoms with Gasteiger partial charge in [-0.1, -0.05) is 25.1 Å². The smallest absolute Gasteiger partial charge is 0.241 e. The third kappa shape index (κ3) is 6.80. The molecule has 0 bridgehead atoms. The number of nitrogens with zero attached hydrogens (tertiary/aromatic N) is 4. The third-order valence-corrected chi connectivity index (χ3v) is 7.24. The Balaban J connectivity index is 1.45. The van der Waals surface area contributed by atoms with E-state index in [4.69, 9.17) is 25.4 Å². The topological polar surface area (TPSA) is 106 Å². The number of benzene rings is 2. The fraction of sp³-hybridized carbons (Fsp3) is 0.276. The molecule has 0 spiro atoms. The lowest BCUT2D eigenvalue weighted by Crippen LogP contribution is -2.23. The maximum Gasteiger partial charge on any atom is 0.241 e. The number of aryl methyl sites for hydroxylation is 1. The zero-order chi connectivity index (χ0) is 26.9. The number of oxime groups is 1. The predicted octanol–water partition coefficient (Wildman–Crippen LogP) is 6.08. The van der Waals surface area contributed by atoms with Crippen LogP contribution in [0.25, 0.3) is 11.3 Å². The molecule has 1 unspecified atom stereocenters. The molecule has 3 N–H and O–H groups in total. The molecular formula is C29H33N5O3S. The number of thiazole rings is 1. The van der Waals surface area contributed by atoms with E-state index in [0.717, 1.165) is 53.5 Å². The van der Waals surface area contributed by atoms with Crippen molar-refractivity contribution >= 4 is 22.3 Å². The average molecular weight is 532 g/mol. The molecular weight excluding hydrogens is 498 g/mol. The van der Waals surface area contributed by atoms with Crippen molar-refractivity contribution in [3.8, 4) is 22.8 Å². The van der Waals surface area contributed by atoms with Crippen molar-refractivity contribution in [1.82, 2.24) is 9.97 Å². The predicted molar refractivity (Wildman–Crippen MR) is 152 cm³/mol. The first kappa shape index (κ1) is 26.9. The quantitative estimate of drug-likeness (QED) is 0.0750. The van der Waals surface area contributed by atoms with Crippen molar-refractivity contribution < 1.29 is 14.7 Å². The van der Waals surface area contributed by atoms with E-state index in [1.807, 2.05) is 36.5 Å². The molecule has 0 saturated carbocycles. The maximum absolute atomic E-state index is 8.84. The van der Waals surface area contributed by atoms with Crippen LogP contribution in [0.15, 0.2) is 78.2 Å². The second-order valence-electron chi connectivity index (χ2n) is 8.83. The van der Waals surface area contributed by atoms with Crippen LogP contribution in [0.3, 0.4) is 0 Å². The molecule has 4 rings (SSSR count). The van der Waals surface area contributed by atoms with E-state index in [-0.39, 0.29) is 5.84 Å². The van der Waals surface area contributed by atoms with Gasteiger partial charge in [0.1, 0.15) is 11.5 Å². The summed E-state index contributed by atoms with van der Waals surface area (Å²) in [6, 6.07) is 19.1. The minimum atomic E-state index is -0.446. The highest BCUT2D eigenvalue weighted by Gasteiger charge is 2.16. The van der Waals surface area contributed by atoms with Gasteiger partial charge in [-0.25, -0.2) is 4.98 Å². The molecule has 4 aromatic rings. The lowest BCUT2D eigenvalue weighted by atomic mass is 10.1. The lowest BCUT2D eigenvalue weighted by Gasteiger charge is -2.20. The first-order valence-electron chi connectivity index (χ1n) is 12.6. The van der Waals surface area contributed by atoms with Crippen LogP contribution in [0.4, 0.5) is 5.13 Å². The Labute approximate surface area is 227 Å². The van der Waals surface area contributed by atoms with Gasteiger partial charge in [-0.3, -0.25) is 4.98 Å². The average Bonchev–Trinajstić information content (AvgIpc) is 3.39. The second-order valence-corrected chi connectivity index (χ2v) is 9.89. The van der Waals surface area contributed by atoms with Crippen LogP contribution in [-0.4, -0.2) is 34.3 Å². The highest BCUT2D eigenvalue weighted by Crippen LogP contribution is 2.34. The van der Waals surface area contributed by atoms with Gasteiger partial charge in [-0.15, -0.1) is 11.3 Å². The molecule has 0 saturated heterocycles. The fourth-order valence-corrected chi connectivity index (χ4v) is 4.92. The Bertz CT molecular complexity index is 1320. The van der Waals surface area contributed by atoms with Crippen molar-refractivity contribution in [3.63, 3.8) is 0 Å². The van der Waals surface area contributed by atoms with Gasteiger partial charge < -0.3 is 25.3 Å². The molecule has 0 aliphatic heterocycles. The lowest BCUT2D eigenvalue weighted by molar-refractivity contribution is -0.00103. The van der Waals surface area contributed by atoms with E-state index in [9.17, 15) is 0 Å². The van der Waals surface area contributed by atoms with E-state index in [2.05, 4.69) is 42.0 Å². The molecule has 0 amide bonds. The Morgan fingerprint density at radius 1 is 1.05 bits per heavy atom. The molecule has 2 aromatic heterocycles.